The highest BCUT2D eigenvalue weighted by molar-refractivity contribution is 9.10. The number of carbonyl (C=O) groups excluding carboxylic acids is 1. The van der Waals surface area contributed by atoms with Gasteiger partial charge in [-0.1, -0.05) is 15.9 Å². The van der Waals surface area contributed by atoms with Crippen LogP contribution in [0.1, 0.15) is 22.8 Å². The number of benzene rings is 2. The zero-order valence-corrected chi connectivity index (χ0v) is 16.7. The van der Waals surface area contributed by atoms with Gasteiger partial charge in [0.15, 0.2) is 5.11 Å². The monoisotopic (exact) mass is 435 g/mol. The second-order valence-electron chi connectivity index (χ2n) is 5.03. The van der Waals surface area contributed by atoms with E-state index in [1.165, 1.54) is 6.21 Å². The lowest BCUT2D eigenvalue weighted by atomic mass is 10.2. The van der Waals surface area contributed by atoms with Crippen molar-refractivity contribution in [2.45, 2.75) is 6.92 Å². The number of ether oxygens (including phenoxy) is 2. The first-order valence-electron chi connectivity index (χ1n) is 7.76. The highest BCUT2D eigenvalue weighted by atomic mass is 79.9. The minimum atomic E-state index is -0.472. The fraction of sp³-hybridized carbons (Fsp3) is 0.167. The fourth-order valence-electron chi connectivity index (χ4n) is 1.96. The largest absolute Gasteiger partial charge is 0.497 e. The summed E-state index contributed by atoms with van der Waals surface area (Å²) >= 11 is 8.44. The van der Waals surface area contributed by atoms with Crippen LogP contribution in [0.5, 0.6) is 11.5 Å². The van der Waals surface area contributed by atoms with Crippen molar-refractivity contribution in [3.05, 3.63) is 58.1 Å². The number of hydrogen-bond donors (Lipinski definition) is 2. The Bertz CT molecular complexity index is 810. The van der Waals surface area contributed by atoms with Gasteiger partial charge in [-0.05, 0) is 61.6 Å². The molecule has 0 aliphatic carbocycles. The van der Waals surface area contributed by atoms with E-state index in [4.69, 9.17) is 21.7 Å². The van der Waals surface area contributed by atoms with Crippen molar-refractivity contribution in [2.24, 2.45) is 5.10 Å². The smallest absolute Gasteiger partial charge is 0.343 e. The number of methoxy groups -OCH3 is 1. The maximum absolute atomic E-state index is 12.4. The van der Waals surface area contributed by atoms with Crippen molar-refractivity contribution in [3.8, 4) is 11.5 Å². The van der Waals surface area contributed by atoms with Crippen LogP contribution in [0.2, 0.25) is 0 Å². The highest BCUT2D eigenvalue weighted by Gasteiger charge is 2.12. The molecule has 0 amide bonds. The molecule has 0 aliphatic rings. The van der Waals surface area contributed by atoms with Gasteiger partial charge in [0.25, 0.3) is 0 Å². The Morgan fingerprint density at radius 1 is 1.27 bits per heavy atom. The zero-order valence-electron chi connectivity index (χ0n) is 14.3. The summed E-state index contributed by atoms with van der Waals surface area (Å²) in [4.78, 5) is 12.4. The number of hydrogen-bond acceptors (Lipinski definition) is 5. The van der Waals surface area contributed by atoms with Crippen LogP contribution >= 0.6 is 28.1 Å². The second kappa shape index (κ2) is 9.88. The number of nitrogens with one attached hydrogen (secondary N) is 2. The number of carbonyl (C=O) groups is 1. The molecule has 0 heterocycles. The van der Waals surface area contributed by atoms with E-state index >= 15 is 0 Å². The quantitative estimate of drug-likeness (QED) is 0.238. The maximum atomic E-state index is 12.4. The van der Waals surface area contributed by atoms with Gasteiger partial charge >= 0.3 is 5.97 Å². The highest BCUT2D eigenvalue weighted by Crippen LogP contribution is 2.23. The first kappa shape index (κ1) is 19.9. The topological polar surface area (TPSA) is 72.0 Å². The number of thiocarbonyl (C=S) groups is 1. The molecule has 0 aliphatic heterocycles. The van der Waals surface area contributed by atoms with Crippen molar-refractivity contribution in [1.29, 1.82) is 0 Å². The molecule has 2 aromatic rings. The Balaban J connectivity index is 2.14. The molecule has 2 rings (SSSR count). The molecule has 0 saturated carbocycles. The molecule has 8 heteroatoms. The second-order valence-corrected chi connectivity index (χ2v) is 6.35. The van der Waals surface area contributed by atoms with Gasteiger partial charge in [-0.2, -0.15) is 5.10 Å². The number of hydrazone groups is 1. The van der Waals surface area contributed by atoms with E-state index in [9.17, 15) is 4.79 Å². The average Bonchev–Trinajstić information content (AvgIpc) is 2.64. The summed E-state index contributed by atoms with van der Waals surface area (Å²) in [5.41, 5.74) is 3.73. The first-order valence-corrected chi connectivity index (χ1v) is 8.96. The first-order chi connectivity index (χ1) is 12.5. The molecule has 0 unspecified atom stereocenters. The van der Waals surface area contributed by atoms with E-state index < -0.39 is 5.97 Å². The lowest BCUT2D eigenvalue weighted by Gasteiger charge is -2.09. The molecule has 136 valence electrons. The predicted octanol–water partition coefficient (Wildman–Crippen LogP) is 3.49. The molecule has 26 heavy (non-hydrogen) atoms. The van der Waals surface area contributed by atoms with E-state index in [0.717, 1.165) is 4.47 Å². The van der Waals surface area contributed by atoms with E-state index in [-0.39, 0.29) is 0 Å². The van der Waals surface area contributed by atoms with Crippen molar-refractivity contribution in [1.82, 2.24) is 10.7 Å². The summed E-state index contributed by atoms with van der Waals surface area (Å²) in [6, 6.07) is 11.9. The van der Waals surface area contributed by atoms with Crippen LogP contribution in [0.4, 0.5) is 0 Å². The van der Waals surface area contributed by atoms with Crippen LogP contribution in [0, 0.1) is 0 Å². The van der Waals surface area contributed by atoms with E-state index in [1.807, 2.05) is 6.92 Å². The fourth-order valence-corrected chi connectivity index (χ4v) is 2.54. The molecule has 0 radical (unpaired) electrons. The number of esters is 1. The summed E-state index contributed by atoms with van der Waals surface area (Å²) in [5.74, 6) is 0.579. The van der Waals surface area contributed by atoms with Crippen LogP contribution in [0.15, 0.2) is 52.0 Å². The maximum Gasteiger partial charge on any atom is 0.343 e. The number of halogens is 1. The van der Waals surface area contributed by atoms with Crippen LogP contribution in [0.3, 0.4) is 0 Å². The van der Waals surface area contributed by atoms with Crippen molar-refractivity contribution in [3.63, 3.8) is 0 Å². The van der Waals surface area contributed by atoms with Crippen LogP contribution in [-0.4, -0.2) is 31.0 Å². The van der Waals surface area contributed by atoms with Crippen LogP contribution in [0.25, 0.3) is 0 Å². The zero-order chi connectivity index (χ0) is 18.9. The molecule has 0 atom stereocenters. The van der Waals surface area contributed by atoms with Gasteiger partial charge in [0, 0.05) is 16.6 Å². The van der Waals surface area contributed by atoms with Gasteiger partial charge in [-0.3, -0.25) is 5.43 Å². The molecular formula is C18H18BrN3O3S. The molecule has 0 aromatic heterocycles. The minimum Gasteiger partial charge on any atom is -0.497 e. The summed E-state index contributed by atoms with van der Waals surface area (Å²) < 4.78 is 11.4. The van der Waals surface area contributed by atoms with Gasteiger partial charge < -0.3 is 14.8 Å². The Morgan fingerprint density at radius 2 is 2.00 bits per heavy atom. The van der Waals surface area contributed by atoms with Crippen molar-refractivity contribution in [2.75, 3.05) is 13.7 Å². The average molecular weight is 436 g/mol. The minimum absolute atomic E-state index is 0.383. The van der Waals surface area contributed by atoms with E-state index in [0.29, 0.717) is 34.3 Å². The van der Waals surface area contributed by atoms with Gasteiger partial charge in [-0.15, -0.1) is 0 Å². The molecule has 6 nitrogen and oxygen atoms in total. The van der Waals surface area contributed by atoms with E-state index in [2.05, 4.69) is 31.8 Å². The SMILES string of the molecule is CCNC(=S)NN=Cc1cc(Br)ccc1OC(=O)c1ccc(OC)cc1. The van der Waals surface area contributed by atoms with Crippen LogP contribution < -0.4 is 20.2 Å². The number of nitrogens with zero attached hydrogens (tertiary/aromatic N) is 1. The lowest BCUT2D eigenvalue weighted by molar-refractivity contribution is 0.0734. The molecule has 0 spiro atoms. The summed E-state index contributed by atoms with van der Waals surface area (Å²) in [7, 11) is 1.57. The predicted molar refractivity (Wildman–Crippen MR) is 109 cm³/mol. The summed E-state index contributed by atoms with van der Waals surface area (Å²) in [6.07, 6.45) is 1.53. The Morgan fingerprint density at radius 3 is 2.65 bits per heavy atom. The third-order valence-corrected chi connectivity index (χ3v) is 3.94. The number of rotatable bonds is 6. The lowest BCUT2D eigenvalue weighted by Crippen LogP contribution is -2.31. The normalized spacial score (nSPS) is 10.4. The summed E-state index contributed by atoms with van der Waals surface area (Å²) in [6.45, 7) is 2.63. The molecule has 0 fully saturated rings. The molecule has 2 N–H and O–H groups in total. The van der Waals surface area contributed by atoms with Crippen molar-refractivity contribution >= 4 is 45.4 Å². The van der Waals surface area contributed by atoms with Crippen LogP contribution in [-0.2, 0) is 0 Å². The Kier molecular flexibility index (Phi) is 7.55. The summed E-state index contributed by atoms with van der Waals surface area (Å²) in [5, 5.41) is 7.39. The van der Waals surface area contributed by atoms with E-state index in [1.54, 1.807) is 49.6 Å². The molecule has 0 saturated heterocycles. The third-order valence-electron chi connectivity index (χ3n) is 3.21. The van der Waals surface area contributed by atoms with Crippen molar-refractivity contribution < 1.29 is 14.3 Å². The molecule has 2 aromatic carbocycles. The van der Waals surface area contributed by atoms with Gasteiger partial charge in [0.05, 0.1) is 18.9 Å². The van der Waals surface area contributed by atoms with Gasteiger partial charge in [-0.25, -0.2) is 4.79 Å². The van der Waals surface area contributed by atoms with Gasteiger partial charge in [0.2, 0.25) is 0 Å². The molecular weight excluding hydrogens is 418 g/mol. The molecule has 0 bridgehead atoms. The van der Waals surface area contributed by atoms with Gasteiger partial charge in [0.1, 0.15) is 11.5 Å². The Hall–Kier alpha value is -2.45. The Labute approximate surface area is 165 Å². The standard InChI is InChI=1S/C18H18BrN3O3S/c1-3-20-18(26)22-21-11-13-10-14(19)6-9-16(13)25-17(23)12-4-7-15(24-2)8-5-12/h4-11H,3H2,1-2H3,(H2,20,22,26). The third kappa shape index (κ3) is 5.82.